The van der Waals surface area contributed by atoms with Crippen LogP contribution in [0, 0.1) is 0 Å². The second-order valence-electron chi connectivity index (χ2n) is 10.1. The van der Waals surface area contributed by atoms with Gasteiger partial charge in [-0.05, 0) is 68.0 Å². The van der Waals surface area contributed by atoms with E-state index >= 15 is 0 Å². The first-order valence-corrected chi connectivity index (χ1v) is 17.8. The second kappa shape index (κ2) is 18.3. The minimum absolute atomic E-state index is 0.0317. The van der Waals surface area contributed by atoms with Crippen LogP contribution in [0.2, 0.25) is 0 Å². The van der Waals surface area contributed by atoms with Crippen molar-refractivity contribution in [1.82, 2.24) is 0 Å². The largest absolute Gasteiger partial charge is 0.328 e. The third kappa shape index (κ3) is 16.6. The Morgan fingerprint density at radius 1 is 0.659 bits per heavy atom. The molecule has 228 valence electrons. The van der Waals surface area contributed by atoms with Crippen LogP contribution in [0.25, 0.3) is 0 Å². The molecule has 0 aliphatic rings. The van der Waals surface area contributed by atoms with Gasteiger partial charge in [0.25, 0.3) is 0 Å². The third-order valence-electron chi connectivity index (χ3n) is 6.49. The van der Waals surface area contributed by atoms with E-state index in [0.29, 0.717) is 30.6 Å². The summed E-state index contributed by atoms with van der Waals surface area (Å²) in [5.41, 5.74) is 3.09. The van der Waals surface area contributed by atoms with Crippen LogP contribution >= 0.6 is 15.2 Å². The molecular formula is C29H44N2O8P2. The van der Waals surface area contributed by atoms with Gasteiger partial charge in [0.2, 0.25) is 11.8 Å². The van der Waals surface area contributed by atoms with Crippen LogP contribution in [0.15, 0.2) is 48.5 Å². The van der Waals surface area contributed by atoms with Gasteiger partial charge in [-0.15, -0.1) is 0 Å². The number of anilines is 2. The molecule has 2 rings (SSSR count). The first-order valence-electron chi connectivity index (χ1n) is 14.2. The molecule has 0 fully saturated rings. The molecule has 12 heteroatoms. The zero-order valence-electron chi connectivity index (χ0n) is 23.8. The van der Waals surface area contributed by atoms with Crippen LogP contribution in [-0.4, -0.2) is 45.4 Å². The maximum atomic E-state index is 12.2. The van der Waals surface area contributed by atoms with Crippen LogP contribution in [0.1, 0.15) is 75.8 Å². The molecule has 1 unspecified atom stereocenters. The van der Waals surface area contributed by atoms with Crippen molar-refractivity contribution in [2.45, 2.75) is 77.6 Å². The standard InChI is InChI=1S/C29H44N2O8P2/c1-2-39-41(37,38)23-21-25-14-18-27(19-15-25)31-29(33)11-9-7-5-3-4-6-8-10-28(32)30-26-16-12-24(13-17-26)20-22-40(34,35)36/h12-19H,2-11,20-23H2,1H3,(H,30,32)(H,31,33)(H,37,38)(H2,34,35,36). The number of hydrogen-bond acceptors (Lipinski definition) is 5. The molecule has 1 atom stereocenters. The lowest BCUT2D eigenvalue weighted by molar-refractivity contribution is -0.117. The monoisotopic (exact) mass is 610 g/mol. The molecule has 2 aromatic carbocycles. The summed E-state index contributed by atoms with van der Waals surface area (Å²) in [5, 5.41) is 5.74. The Morgan fingerprint density at radius 3 is 1.44 bits per heavy atom. The van der Waals surface area contributed by atoms with Crippen molar-refractivity contribution < 1.29 is 37.9 Å². The Morgan fingerprint density at radius 2 is 1.05 bits per heavy atom. The molecule has 0 radical (unpaired) electrons. The number of benzene rings is 2. The number of aryl methyl sites for hydroxylation is 2. The minimum atomic E-state index is -4.02. The minimum Gasteiger partial charge on any atom is -0.326 e. The van der Waals surface area contributed by atoms with Gasteiger partial charge >= 0.3 is 15.2 Å². The number of unbranched alkanes of at least 4 members (excludes halogenated alkanes) is 6. The smallest absolute Gasteiger partial charge is 0.326 e. The quantitative estimate of drug-likeness (QED) is 0.0867. The van der Waals surface area contributed by atoms with E-state index in [4.69, 9.17) is 14.3 Å². The molecule has 2 aromatic rings. The van der Waals surface area contributed by atoms with Crippen molar-refractivity contribution in [3.8, 4) is 0 Å². The summed E-state index contributed by atoms with van der Waals surface area (Å²) >= 11 is 0. The van der Waals surface area contributed by atoms with Crippen molar-refractivity contribution in [1.29, 1.82) is 0 Å². The lowest BCUT2D eigenvalue weighted by Gasteiger charge is -2.11. The van der Waals surface area contributed by atoms with Crippen LogP contribution < -0.4 is 10.6 Å². The van der Waals surface area contributed by atoms with Gasteiger partial charge in [0.1, 0.15) is 0 Å². The molecule has 0 heterocycles. The average Bonchev–Trinajstić information content (AvgIpc) is 2.91. The number of nitrogens with one attached hydrogen (secondary N) is 2. The Hall–Kier alpha value is -2.32. The van der Waals surface area contributed by atoms with Gasteiger partial charge in [-0.25, -0.2) is 0 Å². The molecule has 0 saturated heterocycles. The molecule has 0 spiro atoms. The van der Waals surface area contributed by atoms with E-state index in [1.54, 1.807) is 43.3 Å². The summed E-state index contributed by atoms with van der Waals surface area (Å²) in [4.78, 5) is 52.0. The lowest BCUT2D eigenvalue weighted by Crippen LogP contribution is -2.11. The molecule has 41 heavy (non-hydrogen) atoms. The Bertz CT molecular complexity index is 1170. The molecular weight excluding hydrogens is 566 g/mol. The number of rotatable bonds is 20. The molecule has 0 aliphatic heterocycles. The molecule has 0 aliphatic carbocycles. The van der Waals surface area contributed by atoms with Crippen LogP contribution in [-0.2, 0) is 36.1 Å². The van der Waals surface area contributed by atoms with E-state index < -0.39 is 15.2 Å². The van der Waals surface area contributed by atoms with Gasteiger partial charge in [0.05, 0.1) is 18.9 Å². The zero-order chi connectivity index (χ0) is 30.1. The zero-order valence-corrected chi connectivity index (χ0v) is 25.6. The number of carbonyl (C=O) groups excluding carboxylic acids is 2. The van der Waals surface area contributed by atoms with Crippen molar-refractivity contribution in [2.75, 3.05) is 29.6 Å². The fourth-order valence-corrected chi connectivity index (χ4v) is 5.85. The van der Waals surface area contributed by atoms with Gasteiger partial charge in [-0.1, -0.05) is 56.4 Å². The molecule has 5 N–H and O–H groups in total. The summed E-state index contributed by atoms with van der Waals surface area (Å²) in [5.74, 6) is -0.0816. The summed E-state index contributed by atoms with van der Waals surface area (Å²) in [6, 6.07) is 14.3. The van der Waals surface area contributed by atoms with Crippen molar-refractivity contribution >= 4 is 38.4 Å². The van der Waals surface area contributed by atoms with Gasteiger partial charge in [0.15, 0.2) is 0 Å². The highest BCUT2D eigenvalue weighted by Gasteiger charge is 2.18. The van der Waals surface area contributed by atoms with E-state index in [-0.39, 0.29) is 37.2 Å². The summed E-state index contributed by atoms with van der Waals surface area (Å²) in [6.07, 6.45) is 8.17. The first kappa shape index (κ1) is 34.9. The summed E-state index contributed by atoms with van der Waals surface area (Å²) < 4.78 is 27.6. The molecule has 2 amide bonds. The van der Waals surface area contributed by atoms with Crippen molar-refractivity contribution in [3.63, 3.8) is 0 Å². The van der Waals surface area contributed by atoms with Gasteiger partial charge in [-0.2, -0.15) is 0 Å². The maximum Gasteiger partial charge on any atom is 0.328 e. The molecule has 0 bridgehead atoms. The number of hydrogen-bond donors (Lipinski definition) is 5. The maximum absolute atomic E-state index is 12.2. The fourth-order valence-electron chi connectivity index (χ4n) is 4.22. The normalized spacial score (nSPS) is 13.0. The van der Waals surface area contributed by atoms with Crippen molar-refractivity contribution in [2.24, 2.45) is 0 Å². The number of amides is 2. The van der Waals surface area contributed by atoms with Crippen LogP contribution in [0.4, 0.5) is 11.4 Å². The summed E-state index contributed by atoms with van der Waals surface area (Å²) in [6.45, 7) is 1.88. The van der Waals surface area contributed by atoms with E-state index in [0.717, 1.165) is 56.1 Å². The average molecular weight is 611 g/mol. The number of carbonyl (C=O) groups is 2. The van der Waals surface area contributed by atoms with Gasteiger partial charge in [0, 0.05) is 24.2 Å². The lowest BCUT2D eigenvalue weighted by atomic mass is 10.1. The fraction of sp³-hybridized carbons (Fsp3) is 0.517. The SMILES string of the molecule is CCOP(=O)(O)CCc1ccc(NC(=O)CCCCCCCCCC(=O)Nc2ccc(CCP(=O)(O)O)cc2)cc1. The highest BCUT2D eigenvalue weighted by Crippen LogP contribution is 2.42. The predicted octanol–water partition coefficient (Wildman–Crippen LogP) is 6.26. The Kier molecular flexibility index (Phi) is 15.5. The van der Waals surface area contributed by atoms with E-state index in [2.05, 4.69) is 10.6 Å². The Labute approximate surface area is 243 Å². The Balaban J connectivity index is 1.48. The van der Waals surface area contributed by atoms with E-state index in [1.807, 2.05) is 12.1 Å². The second-order valence-corrected chi connectivity index (χ2v) is 13.9. The summed E-state index contributed by atoms with van der Waals surface area (Å²) in [7, 11) is -7.56. The van der Waals surface area contributed by atoms with Gasteiger partial charge in [-0.3, -0.25) is 18.7 Å². The van der Waals surface area contributed by atoms with Gasteiger partial charge < -0.3 is 29.8 Å². The highest BCUT2D eigenvalue weighted by molar-refractivity contribution is 7.52. The van der Waals surface area contributed by atoms with E-state index in [1.165, 1.54) is 0 Å². The van der Waals surface area contributed by atoms with Crippen LogP contribution in [0.3, 0.4) is 0 Å². The predicted molar refractivity (Wildman–Crippen MR) is 162 cm³/mol. The third-order valence-corrected chi connectivity index (χ3v) is 8.75. The topological polar surface area (TPSA) is 162 Å². The van der Waals surface area contributed by atoms with Crippen molar-refractivity contribution in [3.05, 3.63) is 59.7 Å². The van der Waals surface area contributed by atoms with E-state index in [9.17, 15) is 23.6 Å². The first-order chi connectivity index (χ1) is 19.5. The van der Waals surface area contributed by atoms with Crippen LogP contribution in [0.5, 0.6) is 0 Å². The molecule has 0 aromatic heterocycles. The highest BCUT2D eigenvalue weighted by atomic mass is 31.2. The molecule has 10 nitrogen and oxygen atoms in total. The molecule has 0 saturated carbocycles.